The standard InChI is InChI=1S/C6H7F3N4O/c7-6(8,9)13-3-4(2-11-13)1-5(10)12-14/h2-3,14H,1H2,(H2,10,12). The third-order valence-electron chi connectivity index (χ3n) is 1.41. The molecule has 1 aromatic heterocycles. The zero-order valence-corrected chi connectivity index (χ0v) is 6.86. The van der Waals surface area contributed by atoms with Crippen LogP contribution in [0.5, 0.6) is 0 Å². The second kappa shape index (κ2) is 3.56. The van der Waals surface area contributed by atoms with Gasteiger partial charge in [0, 0.05) is 12.6 Å². The molecule has 5 nitrogen and oxygen atoms in total. The topological polar surface area (TPSA) is 76.4 Å². The number of nitrogens with zero attached hydrogens (tertiary/aromatic N) is 3. The molecule has 0 saturated heterocycles. The van der Waals surface area contributed by atoms with Gasteiger partial charge in [-0.05, 0) is 5.56 Å². The Hall–Kier alpha value is -1.73. The predicted molar refractivity (Wildman–Crippen MR) is 40.6 cm³/mol. The van der Waals surface area contributed by atoms with Gasteiger partial charge in [0.2, 0.25) is 0 Å². The number of hydrogen-bond acceptors (Lipinski definition) is 3. The quantitative estimate of drug-likeness (QED) is 0.324. The lowest BCUT2D eigenvalue weighted by atomic mass is 10.2. The molecular weight excluding hydrogens is 201 g/mol. The van der Waals surface area contributed by atoms with E-state index in [0.717, 1.165) is 12.4 Å². The molecule has 0 radical (unpaired) electrons. The Morgan fingerprint density at radius 2 is 2.29 bits per heavy atom. The lowest BCUT2D eigenvalue weighted by Crippen LogP contribution is -2.17. The average Bonchev–Trinajstić information content (AvgIpc) is 2.51. The molecular formula is C6H7F3N4O. The molecule has 0 atom stereocenters. The van der Waals surface area contributed by atoms with Gasteiger partial charge in [0.15, 0.2) is 0 Å². The molecule has 8 heteroatoms. The van der Waals surface area contributed by atoms with E-state index in [4.69, 9.17) is 10.9 Å². The first-order valence-electron chi connectivity index (χ1n) is 3.50. The predicted octanol–water partition coefficient (Wildman–Crippen LogP) is 0.648. The smallest absolute Gasteiger partial charge is 0.409 e. The molecule has 1 rings (SSSR count). The molecule has 0 saturated carbocycles. The number of hydrogen-bond donors (Lipinski definition) is 2. The van der Waals surface area contributed by atoms with Crippen LogP contribution in [0.2, 0.25) is 0 Å². The maximum absolute atomic E-state index is 12.0. The third-order valence-corrected chi connectivity index (χ3v) is 1.41. The van der Waals surface area contributed by atoms with E-state index in [1.807, 2.05) is 0 Å². The summed E-state index contributed by atoms with van der Waals surface area (Å²) in [5, 5.41) is 13.9. The van der Waals surface area contributed by atoms with E-state index in [2.05, 4.69) is 10.3 Å². The van der Waals surface area contributed by atoms with Gasteiger partial charge in [0.05, 0.1) is 6.20 Å². The van der Waals surface area contributed by atoms with Crippen molar-refractivity contribution in [3.05, 3.63) is 18.0 Å². The van der Waals surface area contributed by atoms with E-state index in [9.17, 15) is 13.2 Å². The van der Waals surface area contributed by atoms with Gasteiger partial charge in [0.1, 0.15) is 5.84 Å². The fourth-order valence-electron chi connectivity index (χ4n) is 0.835. The van der Waals surface area contributed by atoms with Crippen molar-refractivity contribution in [3.63, 3.8) is 0 Å². The number of oxime groups is 1. The summed E-state index contributed by atoms with van der Waals surface area (Å²) in [6, 6.07) is 0. The van der Waals surface area contributed by atoms with Gasteiger partial charge in [-0.1, -0.05) is 5.16 Å². The van der Waals surface area contributed by atoms with Crippen LogP contribution in [0.4, 0.5) is 13.2 Å². The highest BCUT2D eigenvalue weighted by molar-refractivity contribution is 5.81. The van der Waals surface area contributed by atoms with Crippen LogP contribution in [-0.2, 0) is 12.7 Å². The molecule has 0 aromatic carbocycles. The van der Waals surface area contributed by atoms with E-state index in [1.54, 1.807) is 0 Å². The Morgan fingerprint density at radius 3 is 2.71 bits per heavy atom. The van der Waals surface area contributed by atoms with Crippen LogP contribution < -0.4 is 5.73 Å². The van der Waals surface area contributed by atoms with Crippen molar-refractivity contribution < 1.29 is 18.4 Å². The molecule has 0 spiro atoms. The van der Waals surface area contributed by atoms with Gasteiger partial charge in [-0.2, -0.15) is 9.78 Å². The van der Waals surface area contributed by atoms with Crippen molar-refractivity contribution in [1.29, 1.82) is 0 Å². The summed E-state index contributed by atoms with van der Waals surface area (Å²) >= 11 is 0. The second-order valence-electron chi connectivity index (χ2n) is 2.53. The minimum atomic E-state index is -4.54. The molecule has 1 aromatic rings. The van der Waals surface area contributed by atoms with Crippen molar-refractivity contribution >= 4 is 5.84 Å². The number of halogens is 3. The summed E-state index contributed by atoms with van der Waals surface area (Å²) in [4.78, 5) is 0. The van der Waals surface area contributed by atoms with Crippen molar-refractivity contribution in [2.75, 3.05) is 0 Å². The zero-order chi connectivity index (χ0) is 10.8. The van der Waals surface area contributed by atoms with E-state index in [1.165, 1.54) is 0 Å². The van der Waals surface area contributed by atoms with Crippen LogP contribution in [-0.4, -0.2) is 20.8 Å². The maximum atomic E-state index is 12.0. The normalized spacial score (nSPS) is 13.2. The lowest BCUT2D eigenvalue weighted by Gasteiger charge is -2.03. The number of aromatic nitrogens is 2. The van der Waals surface area contributed by atoms with Crippen molar-refractivity contribution in [2.24, 2.45) is 10.9 Å². The largest absolute Gasteiger partial charge is 0.504 e. The molecule has 14 heavy (non-hydrogen) atoms. The monoisotopic (exact) mass is 208 g/mol. The van der Waals surface area contributed by atoms with Crippen LogP contribution in [0.1, 0.15) is 5.56 Å². The molecule has 0 bridgehead atoms. The van der Waals surface area contributed by atoms with E-state index < -0.39 is 6.30 Å². The average molecular weight is 208 g/mol. The highest BCUT2D eigenvalue weighted by atomic mass is 19.4. The fourth-order valence-corrected chi connectivity index (χ4v) is 0.835. The molecule has 3 N–H and O–H groups in total. The summed E-state index contributed by atoms with van der Waals surface area (Å²) in [5.74, 6) is -0.174. The van der Waals surface area contributed by atoms with Crippen LogP contribution >= 0.6 is 0 Å². The first kappa shape index (κ1) is 10.4. The number of nitrogens with two attached hydrogens (primary N) is 1. The van der Waals surface area contributed by atoms with Crippen LogP contribution in [0.3, 0.4) is 0 Å². The molecule has 0 unspecified atom stereocenters. The van der Waals surface area contributed by atoms with E-state index in [-0.39, 0.29) is 22.5 Å². The molecule has 0 fully saturated rings. The van der Waals surface area contributed by atoms with Gasteiger partial charge in [-0.15, -0.1) is 13.2 Å². The lowest BCUT2D eigenvalue weighted by molar-refractivity contribution is -0.212. The van der Waals surface area contributed by atoms with Crippen LogP contribution in [0, 0.1) is 0 Å². The van der Waals surface area contributed by atoms with Crippen molar-refractivity contribution in [3.8, 4) is 0 Å². The fraction of sp³-hybridized carbons (Fsp3) is 0.333. The maximum Gasteiger partial charge on any atom is 0.504 e. The minimum absolute atomic E-state index is 0.0768. The SMILES string of the molecule is N/C(Cc1cnn(C(F)(F)F)c1)=N\O. The molecule has 1 heterocycles. The molecule has 0 aliphatic carbocycles. The Kier molecular flexibility index (Phi) is 2.63. The zero-order valence-electron chi connectivity index (χ0n) is 6.86. The Morgan fingerprint density at radius 1 is 1.64 bits per heavy atom. The molecule has 0 aliphatic rings. The highest BCUT2D eigenvalue weighted by Gasteiger charge is 2.31. The van der Waals surface area contributed by atoms with E-state index in [0.29, 0.717) is 0 Å². The highest BCUT2D eigenvalue weighted by Crippen LogP contribution is 2.21. The third kappa shape index (κ3) is 2.38. The number of amidine groups is 1. The van der Waals surface area contributed by atoms with Crippen LogP contribution in [0.15, 0.2) is 17.5 Å². The van der Waals surface area contributed by atoms with Gasteiger partial charge in [-0.3, -0.25) is 0 Å². The van der Waals surface area contributed by atoms with Crippen molar-refractivity contribution in [1.82, 2.24) is 9.78 Å². The van der Waals surface area contributed by atoms with Gasteiger partial charge in [0.25, 0.3) is 0 Å². The minimum Gasteiger partial charge on any atom is -0.409 e. The Bertz CT molecular complexity index is 343. The van der Waals surface area contributed by atoms with Gasteiger partial charge < -0.3 is 10.9 Å². The first-order valence-corrected chi connectivity index (χ1v) is 3.50. The molecule has 0 amide bonds. The number of alkyl halides is 3. The molecule has 0 aliphatic heterocycles. The molecule has 78 valence electrons. The summed E-state index contributed by atoms with van der Waals surface area (Å²) in [7, 11) is 0. The summed E-state index contributed by atoms with van der Waals surface area (Å²) in [5.41, 5.74) is 5.33. The number of rotatable bonds is 2. The van der Waals surface area contributed by atoms with Gasteiger partial charge in [-0.25, -0.2) is 0 Å². The first-order chi connectivity index (χ1) is 6.43. The summed E-state index contributed by atoms with van der Waals surface area (Å²) in [6.45, 7) is 0. The van der Waals surface area contributed by atoms with Crippen LogP contribution in [0.25, 0.3) is 0 Å². The van der Waals surface area contributed by atoms with Crippen molar-refractivity contribution in [2.45, 2.75) is 12.7 Å². The van der Waals surface area contributed by atoms with E-state index >= 15 is 0 Å². The van der Waals surface area contributed by atoms with Gasteiger partial charge >= 0.3 is 6.30 Å². The Balaban J connectivity index is 2.79. The summed E-state index contributed by atoms with van der Waals surface area (Å²) in [6.07, 6.45) is -2.83. The Labute approximate surface area is 76.6 Å². The second-order valence-corrected chi connectivity index (χ2v) is 2.53. The summed E-state index contributed by atoms with van der Waals surface area (Å²) < 4.78 is 35.9.